The number of nitrogens with one attached hydrogen (secondary N) is 1. The first kappa shape index (κ1) is 13.8. The van der Waals surface area contributed by atoms with E-state index in [0.717, 1.165) is 24.2 Å². The molecule has 1 saturated carbocycles. The molecule has 3 rings (SSSR count). The van der Waals surface area contributed by atoms with Crippen LogP contribution in [0.25, 0.3) is 5.69 Å². The summed E-state index contributed by atoms with van der Waals surface area (Å²) in [6, 6.07) is 6.16. The van der Waals surface area contributed by atoms with Gasteiger partial charge in [0.25, 0.3) is 0 Å². The van der Waals surface area contributed by atoms with Crippen molar-refractivity contribution in [1.29, 1.82) is 0 Å². The van der Waals surface area contributed by atoms with E-state index in [1.54, 1.807) is 12.1 Å². The zero-order chi connectivity index (χ0) is 15.0. The summed E-state index contributed by atoms with van der Waals surface area (Å²) in [6.07, 6.45) is -0.606. The van der Waals surface area contributed by atoms with Gasteiger partial charge in [-0.1, -0.05) is 0 Å². The monoisotopic (exact) mass is 297 g/mol. The topological polar surface area (TPSA) is 39.1 Å². The van der Waals surface area contributed by atoms with E-state index in [9.17, 15) is 13.2 Å². The number of hydrogen-bond donors (Lipinski definition) is 1. The standard InChI is InChI=1S/C14H14F3N3O/c1-9-8-20(13(18-9)19-10-2-3-10)11-4-6-12(7-5-11)21-14(15,16)17/h4-8,10H,2-3H2,1H3,(H,18,19). The minimum atomic E-state index is -4.67. The lowest BCUT2D eigenvalue weighted by atomic mass is 10.3. The molecule has 0 atom stereocenters. The van der Waals surface area contributed by atoms with Gasteiger partial charge in [-0.25, -0.2) is 4.98 Å². The van der Waals surface area contributed by atoms with Gasteiger partial charge in [-0.15, -0.1) is 13.2 Å². The Hall–Kier alpha value is -2.18. The van der Waals surface area contributed by atoms with Gasteiger partial charge >= 0.3 is 6.36 Å². The van der Waals surface area contributed by atoms with Crippen molar-refractivity contribution in [2.45, 2.75) is 32.2 Å². The van der Waals surface area contributed by atoms with E-state index in [4.69, 9.17) is 0 Å². The number of anilines is 1. The average Bonchev–Trinajstić information content (AvgIpc) is 3.11. The van der Waals surface area contributed by atoms with E-state index in [1.165, 1.54) is 12.1 Å². The summed E-state index contributed by atoms with van der Waals surface area (Å²) in [7, 11) is 0. The number of alkyl halides is 3. The van der Waals surface area contributed by atoms with E-state index < -0.39 is 6.36 Å². The number of rotatable bonds is 4. The van der Waals surface area contributed by atoms with Crippen LogP contribution < -0.4 is 10.1 Å². The van der Waals surface area contributed by atoms with Crippen molar-refractivity contribution in [3.8, 4) is 11.4 Å². The van der Waals surface area contributed by atoms with Gasteiger partial charge in [0.1, 0.15) is 5.75 Å². The molecule has 1 fully saturated rings. The Bertz CT molecular complexity index is 630. The fourth-order valence-corrected chi connectivity index (χ4v) is 2.02. The lowest BCUT2D eigenvalue weighted by Crippen LogP contribution is -2.17. The molecular formula is C14H14F3N3O. The molecule has 0 saturated heterocycles. The maximum Gasteiger partial charge on any atom is 0.573 e. The highest BCUT2D eigenvalue weighted by atomic mass is 19.4. The van der Waals surface area contributed by atoms with Gasteiger partial charge in [-0.3, -0.25) is 4.57 Å². The highest BCUT2D eigenvalue weighted by molar-refractivity contribution is 5.46. The molecular weight excluding hydrogens is 283 g/mol. The van der Waals surface area contributed by atoms with Crippen LogP contribution in [0, 0.1) is 6.92 Å². The lowest BCUT2D eigenvalue weighted by Gasteiger charge is -2.11. The summed E-state index contributed by atoms with van der Waals surface area (Å²) in [5.41, 5.74) is 1.57. The third kappa shape index (κ3) is 3.48. The van der Waals surface area contributed by atoms with Gasteiger partial charge in [0.15, 0.2) is 0 Å². The van der Waals surface area contributed by atoms with Crippen molar-refractivity contribution in [3.63, 3.8) is 0 Å². The number of imidazole rings is 1. The molecule has 1 heterocycles. The third-order valence-corrected chi connectivity index (χ3v) is 3.09. The van der Waals surface area contributed by atoms with E-state index in [-0.39, 0.29) is 5.75 Å². The number of nitrogens with zero attached hydrogens (tertiary/aromatic N) is 2. The summed E-state index contributed by atoms with van der Waals surface area (Å²) in [4.78, 5) is 4.39. The summed E-state index contributed by atoms with van der Waals surface area (Å²) in [5, 5.41) is 3.30. The maximum absolute atomic E-state index is 12.1. The normalized spacial score (nSPS) is 15.0. The second kappa shape index (κ2) is 4.98. The van der Waals surface area contributed by atoms with Crippen LogP contribution in [0.4, 0.5) is 19.1 Å². The molecule has 0 spiro atoms. The molecule has 0 radical (unpaired) electrons. The zero-order valence-electron chi connectivity index (χ0n) is 11.3. The van der Waals surface area contributed by atoms with Crippen molar-refractivity contribution >= 4 is 5.95 Å². The van der Waals surface area contributed by atoms with E-state index in [1.807, 2.05) is 17.7 Å². The highest BCUT2D eigenvalue weighted by Gasteiger charge is 2.31. The molecule has 0 unspecified atom stereocenters. The van der Waals surface area contributed by atoms with Crippen molar-refractivity contribution in [2.24, 2.45) is 0 Å². The van der Waals surface area contributed by atoms with Crippen LogP contribution >= 0.6 is 0 Å². The quantitative estimate of drug-likeness (QED) is 0.936. The SMILES string of the molecule is Cc1cn(-c2ccc(OC(F)(F)F)cc2)c(NC2CC2)n1. The first-order valence-electron chi connectivity index (χ1n) is 6.59. The first-order valence-corrected chi connectivity index (χ1v) is 6.59. The largest absolute Gasteiger partial charge is 0.573 e. The molecule has 1 aromatic carbocycles. The maximum atomic E-state index is 12.1. The molecule has 0 bridgehead atoms. The van der Waals surface area contributed by atoms with Gasteiger partial charge in [-0.2, -0.15) is 0 Å². The van der Waals surface area contributed by atoms with Crippen molar-refractivity contribution < 1.29 is 17.9 Å². The molecule has 0 aliphatic heterocycles. The number of hydrogen-bond acceptors (Lipinski definition) is 3. The van der Waals surface area contributed by atoms with Gasteiger partial charge < -0.3 is 10.1 Å². The van der Waals surface area contributed by atoms with Gasteiger partial charge in [0.2, 0.25) is 5.95 Å². The minimum Gasteiger partial charge on any atom is -0.406 e. The molecule has 21 heavy (non-hydrogen) atoms. The predicted molar refractivity (Wildman–Crippen MR) is 71.6 cm³/mol. The van der Waals surface area contributed by atoms with E-state index >= 15 is 0 Å². The Morgan fingerprint density at radius 2 is 1.90 bits per heavy atom. The first-order chi connectivity index (χ1) is 9.90. The van der Waals surface area contributed by atoms with Crippen LogP contribution in [0.3, 0.4) is 0 Å². The fraction of sp³-hybridized carbons (Fsp3) is 0.357. The third-order valence-electron chi connectivity index (χ3n) is 3.09. The highest BCUT2D eigenvalue weighted by Crippen LogP contribution is 2.28. The van der Waals surface area contributed by atoms with Crippen LogP contribution in [-0.2, 0) is 0 Å². The van der Waals surface area contributed by atoms with Crippen LogP contribution in [0.2, 0.25) is 0 Å². The average molecular weight is 297 g/mol. The molecule has 1 aromatic heterocycles. The molecule has 7 heteroatoms. The van der Waals surface area contributed by atoms with Crippen molar-refractivity contribution in [3.05, 3.63) is 36.2 Å². The van der Waals surface area contributed by atoms with Gasteiger partial charge in [0.05, 0.1) is 5.69 Å². The predicted octanol–water partition coefficient (Wildman–Crippen LogP) is 3.65. The molecule has 1 aliphatic carbocycles. The van der Waals surface area contributed by atoms with E-state index in [0.29, 0.717) is 12.0 Å². The van der Waals surface area contributed by atoms with Crippen molar-refractivity contribution in [1.82, 2.24) is 9.55 Å². The van der Waals surface area contributed by atoms with Crippen LogP contribution in [0.15, 0.2) is 30.5 Å². The second-order valence-electron chi connectivity index (χ2n) is 5.04. The number of halogens is 3. The smallest absolute Gasteiger partial charge is 0.406 e. The van der Waals surface area contributed by atoms with E-state index in [2.05, 4.69) is 15.0 Å². The van der Waals surface area contributed by atoms with Gasteiger partial charge in [-0.05, 0) is 44.0 Å². The second-order valence-corrected chi connectivity index (χ2v) is 5.04. The Labute approximate surface area is 119 Å². The zero-order valence-corrected chi connectivity index (χ0v) is 11.3. The minimum absolute atomic E-state index is 0.236. The molecule has 1 aliphatic rings. The molecule has 0 amide bonds. The summed E-state index contributed by atoms with van der Waals surface area (Å²) in [5.74, 6) is 0.472. The Kier molecular flexibility index (Phi) is 3.27. The van der Waals surface area contributed by atoms with Crippen LogP contribution in [0.5, 0.6) is 5.75 Å². The number of benzene rings is 1. The Morgan fingerprint density at radius 1 is 1.24 bits per heavy atom. The Balaban J connectivity index is 1.83. The van der Waals surface area contributed by atoms with Crippen LogP contribution in [0.1, 0.15) is 18.5 Å². The molecule has 2 aromatic rings. The summed E-state index contributed by atoms with van der Waals surface area (Å²) < 4.78 is 42.1. The molecule has 4 nitrogen and oxygen atoms in total. The van der Waals surface area contributed by atoms with Gasteiger partial charge in [0, 0.05) is 17.9 Å². The molecule has 1 N–H and O–H groups in total. The number of aromatic nitrogens is 2. The summed E-state index contributed by atoms with van der Waals surface area (Å²) in [6.45, 7) is 1.87. The molecule has 112 valence electrons. The van der Waals surface area contributed by atoms with Crippen molar-refractivity contribution in [2.75, 3.05) is 5.32 Å². The number of ether oxygens (including phenoxy) is 1. The number of aryl methyl sites for hydroxylation is 1. The summed E-state index contributed by atoms with van der Waals surface area (Å²) >= 11 is 0. The van der Waals surface area contributed by atoms with Crippen LogP contribution in [-0.4, -0.2) is 22.0 Å². The Morgan fingerprint density at radius 3 is 2.48 bits per heavy atom. The lowest BCUT2D eigenvalue weighted by molar-refractivity contribution is -0.274. The fourth-order valence-electron chi connectivity index (χ4n) is 2.02.